The van der Waals surface area contributed by atoms with Crippen molar-refractivity contribution in [1.82, 2.24) is 0 Å². The molecule has 0 bridgehead atoms. The summed E-state index contributed by atoms with van der Waals surface area (Å²) < 4.78 is -0.792. The highest BCUT2D eigenvalue weighted by Crippen LogP contribution is 2.34. The minimum Gasteiger partial charge on any atom is -0.507 e. The lowest BCUT2D eigenvalue weighted by molar-refractivity contribution is 0.193. The van der Waals surface area contributed by atoms with Crippen LogP contribution >= 0.6 is 63.7 Å². The van der Waals surface area contributed by atoms with Crippen LogP contribution in [0.25, 0.3) is 0 Å². The molecular formula is C15H20Br4O4. The van der Waals surface area contributed by atoms with Crippen molar-refractivity contribution >= 4 is 63.7 Å². The highest BCUT2D eigenvalue weighted by molar-refractivity contribution is 9.12. The van der Waals surface area contributed by atoms with Crippen LogP contribution in [0.15, 0.2) is 44.8 Å². The lowest BCUT2D eigenvalue weighted by atomic mass is 10.1. The van der Waals surface area contributed by atoms with Crippen LogP contribution < -0.4 is 0 Å². The summed E-state index contributed by atoms with van der Waals surface area (Å²) in [6.45, 7) is 4.25. The first kappa shape index (κ1) is 23.4. The molecule has 132 valence electrons. The lowest BCUT2D eigenvalue weighted by Crippen LogP contribution is -2.18. The Labute approximate surface area is 170 Å². The van der Waals surface area contributed by atoms with Crippen LogP contribution in [0.3, 0.4) is 0 Å². The smallest absolute Gasteiger partial charge is 0.143 e. The zero-order valence-corrected chi connectivity index (χ0v) is 19.1. The number of hydrogen-bond donors (Lipinski definition) is 4. The fourth-order valence-corrected chi connectivity index (χ4v) is 4.03. The van der Waals surface area contributed by atoms with Gasteiger partial charge in [0.05, 0.1) is 0 Å². The Morgan fingerprint density at radius 3 is 1.30 bits per heavy atom. The molecule has 0 amide bonds. The summed E-state index contributed by atoms with van der Waals surface area (Å²) in [5.41, 5.74) is 0. The third kappa shape index (κ3) is 10.1. The summed E-state index contributed by atoms with van der Waals surface area (Å²) >= 11 is 12.3. The van der Waals surface area contributed by atoms with E-state index < -0.39 is 9.02 Å². The fourth-order valence-electron chi connectivity index (χ4n) is 1.33. The zero-order valence-electron chi connectivity index (χ0n) is 12.7. The maximum Gasteiger partial charge on any atom is 0.143 e. The molecule has 0 aromatic rings. The second kappa shape index (κ2) is 10.4. The van der Waals surface area contributed by atoms with Crippen LogP contribution in [0.5, 0.6) is 0 Å². The number of halogens is 4. The summed E-state index contributed by atoms with van der Waals surface area (Å²) in [5, 5.41) is 36.7. The summed E-state index contributed by atoms with van der Waals surface area (Å²) in [4.78, 5) is 0. The molecule has 0 saturated carbocycles. The molecule has 0 heterocycles. The van der Waals surface area contributed by atoms with Crippen molar-refractivity contribution < 1.29 is 20.4 Å². The summed E-state index contributed by atoms with van der Waals surface area (Å²) in [6, 6.07) is 0. The quantitative estimate of drug-likeness (QED) is 0.272. The molecule has 0 radical (unpaired) electrons. The van der Waals surface area contributed by atoms with E-state index in [1.165, 1.54) is 30.7 Å². The van der Waals surface area contributed by atoms with Gasteiger partial charge in [-0.2, -0.15) is 0 Å². The van der Waals surface area contributed by atoms with Crippen LogP contribution in [0.1, 0.15) is 33.1 Å². The molecule has 0 fully saturated rings. The topological polar surface area (TPSA) is 80.9 Å². The molecule has 2 unspecified atom stereocenters. The highest BCUT2D eigenvalue weighted by atomic mass is 79.9. The average molecular weight is 584 g/mol. The molecule has 4 nitrogen and oxygen atoms in total. The van der Waals surface area contributed by atoms with Crippen LogP contribution in [0.2, 0.25) is 0 Å². The molecule has 0 spiro atoms. The number of aliphatic hydroxyl groups excluding tert-OH is 2. The largest absolute Gasteiger partial charge is 0.507 e. The maximum atomic E-state index is 9.32. The van der Waals surface area contributed by atoms with Gasteiger partial charge in [-0.1, -0.05) is 52.1 Å². The van der Waals surface area contributed by atoms with Crippen LogP contribution in [-0.2, 0) is 0 Å². The van der Waals surface area contributed by atoms with E-state index in [9.17, 15) is 10.2 Å². The Kier molecular flexibility index (Phi) is 10.6. The molecule has 0 aromatic heterocycles. The van der Waals surface area contributed by atoms with E-state index in [0.717, 1.165) is 0 Å². The molecule has 4 N–H and O–H groups in total. The van der Waals surface area contributed by atoms with Crippen molar-refractivity contribution in [3.05, 3.63) is 44.8 Å². The number of aliphatic hydroxyl groups is 4. The molecule has 2 atom stereocenters. The number of rotatable bonds is 0. The number of allylic oxidation sites excluding steroid dienone is 2. The molecule has 8 heteroatoms. The van der Waals surface area contributed by atoms with Gasteiger partial charge in [0, 0.05) is 21.8 Å². The predicted molar refractivity (Wildman–Crippen MR) is 108 cm³/mol. The predicted octanol–water partition coefficient (Wildman–Crippen LogP) is 5.80. The highest BCUT2D eigenvalue weighted by Gasteiger charge is 2.25. The van der Waals surface area contributed by atoms with E-state index in [1.807, 2.05) is 0 Å². The Morgan fingerprint density at radius 2 is 1.13 bits per heavy atom. The van der Waals surface area contributed by atoms with Gasteiger partial charge in [0.15, 0.2) is 0 Å². The van der Waals surface area contributed by atoms with Crippen LogP contribution in [0.4, 0.5) is 0 Å². The monoisotopic (exact) mass is 580 g/mol. The van der Waals surface area contributed by atoms with Crippen molar-refractivity contribution in [2.75, 3.05) is 0 Å². The Hall–Kier alpha value is 0.400. The van der Waals surface area contributed by atoms with Gasteiger partial charge in [-0.3, -0.25) is 0 Å². The molecule has 0 aliphatic heterocycles. The van der Waals surface area contributed by atoms with Crippen LogP contribution in [0, 0.1) is 0 Å². The summed E-state index contributed by atoms with van der Waals surface area (Å²) in [5.74, 6) is 0.341. The third-order valence-electron chi connectivity index (χ3n) is 2.36. The van der Waals surface area contributed by atoms with Crippen molar-refractivity contribution in [3.8, 4) is 0 Å². The SMILES string of the molecule is CCC.OC1=C(Br)CC(O)(Br)C=C1.OC1=C(Br)CC(O)(Br)C=C1. The summed E-state index contributed by atoms with van der Waals surface area (Å²) in [7, 11) is 0. The Morgan fingerprint density at radius 1 is 0.870 bits per heavy atom. The van der Waals surface area contributed by atoms with Gasteiger partial charge in [0.1, 0.15) is 20.5 Å². The van der Waals surface area contributed by atoms with Crippen molar-refractivity contribution in [3.63, 3.8) is 0 Å². The van der Waals surface area contributed by atoms with Crippen molar-refractivity contribution in [2.24, 2.45) is 0 Å². The molecular weight excluding hydrogens is 564 g/mol. The first-order valence-electron chi connectivity index (χ1n) is 6.80. The van der Waals surface area contributed by atoms with Gasteiger partial charge in [-0.15, -0.1) is 0 Å². The molecule has 23 heavy (non-hydrogen) atoms. The summed E-state index contributed by atoms with van der Waals surface area (Å²) in [6.07, 6.45) is 7.84. The second-order valence-electron chi connectivity index (χ2n) is 4.94. The molecule has 2 rings (SSSR count). The molecule has 2 aliphatic rings. The normalized spacial score (nSPS) is 29.6. The van der Waals surface area contributed by atoms with Crippen molar-refractivity contribution in [2.45, 2.75) is 42.1 Å². The number of hydrogen-bond acceptors (Lipinski definition) is 4. The lowest BCUT2D eigenvalue weighted by Gasteiger charge is -2.19. The van der Waals surface area contributed by atoms with Crippen molar-refractivity contribution in [1.29, 1.82) is 0 Å². The standard InChI is InChI=1S/2C6H6Br2O2.C3H8/c2*7-4-3-6(8,10)2-1-5(4)9;1-3-2/h2*1-2,9-10H,3H2;3H2,1-2H3. The maximum absolute atomic E-state index is 9.32. The van der Waals surface area contributed by atoms with Gasteiger partial charge in [0.25, 0.3) is 0 Å². The van der Waals surface area contributed by atoms with E-state index >= 15 is 0 Å². The molecule has 0 saturated heterocycles. The first-order valence-corrected chi connectivity index (χ1v) is 9.97. The van der Waals surface area contributed by atoms with E-state index in [0.29, 0.717) is 21.8 Å². The minimum atomic E-state index is -1.00. The van der Waals surface area contributed by atoms with E-state index in [2.05, 4.69) is 77.6 Å². The Balaban J connectivity index is 0.000000360. The van der Waals surface area contributed by atoms with E-state index in [4.69, 9.17) is 10.2 Å². The van der Waals surface area contributed by atoms with Crippen LogP contribution in [-0.4, -0.2) is 29.4 Å². The Bertz CT molecular complexity index is 474. The minimum absolute atomic E-state index is 0.170. The third-order valence-corrected chi connectivity index (χ3v) is 4.82. The van der Waals surface area contributed by atoms with Gasteiger partial charge >= 0.3 is 0 Å². The second-order valence-corrected chi connectivity index (χ2v) is 9.61. The van der Waals surface area contributed by atoms with E-state index in [1.54, 1.807) is 0 Å². The fraction of sp³-hybridized carbons (Fsp3) is 0.467. The zero-order chi connectivity index (χ0) is 18.3. The van der Waals surface area contributed by atoms with E-state index in [-0.39, 0.29) is 11.5 Å². The molecule has 2 aliphatic carbocycles. The van der Waals surface area contributed by atoms with Gasteiger partial charge < -0.3 is 20.4 Å². The van der Waals surface area contributed by atoms with Gasteiger partial charge in [-0.05, 0) is 56.2 Å². The van der Waals surface area contributed by atoms with Gasteiger partial charge in [0.2, 0.25) is 0 Å². The number of alkyl halides is 2. The molecule has 0 aromatic carbocycles. The first-order chi connectivity index (χ1) is 10.4. The van der Waals surface area contributed by atoms with Gasteiger partial charge in [-0.25, -0.2) is 0 Å². The average Bonchev–Trinajstić information content (AvgIpc) is 2.40.